The number of halogens is 2. The smallest absolute Gasteiger partial charge is 0.144 e. The molecule has 0 aliphatic heterocycles. The van der Waals surface area contributed by atoms with Crippen molar-refractivity contribution in [3.05, 3.63) is 34.6 Å². The van der Waals surface area contributed by atoms with E-state index in [0.717, 1.165) is 19.3 Å². The fourth-order valence-corrected chi connectivity index (χ4v) is 2.35. The van der Waals surface area contributed by atoms with Crippen molar-refractivity contribution in [2.45, 2.75) is 25.7 Å². The molecule has 1 aliphatic carbocycles. The van der Waals surface area contributed by atoms with Gasteiger partial charge < -0.3 is 5.11 Å². The Morgan fingerprint density at radius 3 is 2.67 bits per heavy atom. The van der Waals surface area contributed by atoms with Gasteiger partial charge in [-0.15, -0.1) is 0 Å². The lowest BCUT2D eigenvalue weighted by molar-refractivity contribution is 0.0442. The van der Waals surface area contributed by atoms with Crippen molar-refractivity contribution >= 4 is 11.6 Å². The summed E-state index contributed by atoms with van der Waals surface area (Å²) in [5, 5.41) is 9.47. The van der Waals surface area contributed by atoms with Crippen molar-refractivity contribution in [3.63, 3.8) is 0 Å². The molecule has 1 nitrogen and oxygen atoms in total. The third kappa shape index (κ3) is 2.01. The second-order valence-corrected chi connectivity index (χ2v) is 4.81. The summed E-state index contributed by atoms with van der Waals surface area (Å²) in [6, 6.07) is 5.05. The normalized spacial score (nSPS) is 18.6. The number of rotatable bonds is 3. The molecular weight excluding hydrogens is 215 g/mol. The van der Waals surface area contributed by atoms with Gasteiger partial charge in [-0.3, -0.25) is 0 Å². The molecule has 0 heterocycles. The van der Waals surface area contributed by atoms with Gasteiger partial charge in [-0.25, -0.2) is 4.39 Å². The maximum absolute atomic E-state index is 13.6. The minimum absolute atomic E-state index is 0.0917. The third-order valence-corrected chi connectivity index (χ3v) is 3.64. The maximum atomic E-state index is 13.6. The number of aliphatic hydroxyl groups is 1. The van der Waals surface area contributed by atoms with Gasteiger partial charge in [-0.1, -0.05) is 30.2 Å². The molecule has 1 aromatic carbocycles. The van der Waals surface area contributed by atoms with Crippen LogP contribution < -0.4 is 0 Å². The standard InChI is InChI=1S/C12H14ClFO/c13-10-4-1-3-9(11(10)14)7-12(8-15)5-2-6-12/h1,3-4,15H,2,5-8H2. The lowest BCUT2D eigenvalue weighted by Crippen LogP contribution is -2.35. The summed E-state index contributed by atoms with van der Waals surface area (Å²) >= 11 is 5.71. The molecule has 3 heteroatoms. The second-order valence-electron chi connectivity index (χ2n) is 4.40. The van der Waals surface area contributed by atoms with Crippen LogP contribution in [0.3, 0.4) is 0 Å². The van der Waals surface area contributed by atoms with Crippen molar-refractivity contribution in [2.75, 3.05) is 6.61 Å². The molecule has 0 bridgehead atoms. The Bertz CT molecular complexity index is 355. The van der Waals surface area contributed by atoms with Crippen molar-refractivity contribution < 1.29 is 9.50 Å². The molecule has 1 fully saturated rings. The average molecular weight is 229 g/mol. The monoisotopic (exact) mass is 228 g/mol. The molecule has 82 valence electrons. The van der Waals surface area contributed by atoms with Crippen LogP contribution in [0.4, 0.5) is 4.39 Å². The molecule has 1 N–H and O–H groups in total. The first-order valence-corrected chi connectivity index (χ1v) is 5.58. The third-order valence-electron chi connectivity index (χ3n) is 3.35. The predicted octanol–water partition coefficient (Wildman–Crippen LogP) is 3.18. The number of aliphatic hydroxyl groups excluding tert-OH is 1. The molecule has 0 aromatic heterocycles. The predicted molar refractivity (Wildman–Crippen MR) is 58.5 cm³/mol. The summed E-state index contributed by atoms with van der Waals surface area (Å²) < 4.78 is 13.6. The molecule has 1 saturated carbocycles. The van der Waals surface area contributed by atoms with Crippen LogP contribution in [-0.2, 0) is 6.42 Å². The Balaban J connectivity index is 2.20. The van der Waals surface area contributed by atoms with Crippen LogP contribution in [0.2, 0.25) is 5.02 Å². The first-order valence-electron chi connectivity index (χ1n) is 5.21. The lowest BCUT2D eigenvalue weighted by atomic mass is 9.66. The Labute approximate surface area is 93.9 Å². The van der Waals surface area contributed by atoms with Gasteiger partial charge >= 0.3 is 0 Å². The highest BCUT2D eigenvalue weighted by molar-refractivity contribution is 6.30. The summed E-state index contributed by atoms with van der Waals surface area (Å²) in [6.45, 7) is 0.138. The zero-order chi connectivity index (χ0) is 10.9. The molecular formula is C12H14ClFO. The van der Waals surface area contributed by atoms with E-state index < -0.39 is 0 Å². The first kappa shape index (κ1) is 10.9. The molecule has 1 aliphatic rings. The molecule has 0 atom stereocenters. The topological polar surface area (TPSA) is 20.2 Å². The highest BCUT2D eigenvalue weighted by Crippen LogP contribution is 2.43. The molecule has 0 spiro atoms. The van der Waals surface area contributed by atoms with Crippen LogP contribution in [0.5, 0.6) is 0 Å². The maximum Gasteiger partial charge on any atom is 0.144 e. The molecule has 2 rings (SSSR count). The Morgan fingerprint density at radius 1 is 1.40 bits per heavy atom. The molecule has 15 heavy (non-hydrogen) atoms. The van der Waals surface area contributed by atoms with Crippen LogP contribution >= 0.6 is 11.6 Å². The highest BCUT2D eigenvalue weighted by atomic mass is 35.5. The van der Waals surface area contributed by atoms with E-state index >= 15 is 0 Å². The van der Waals surface area contributed by atoms with Gasteiger partial charge in [0.15, 0.2) is 0 Å². The summed E-state index contributed by atoms with van der Waals surface area (Å²) in [6.07, 6.45) is 3.68. The number of hydrogen-bond donors (Lipinski definition) is 1. The van der Waals surface area contributed by atoms with Crippen molar-refractivity contribution in [1.29, 1.82) is 0 Å². The quantitative estimate of drug-likeness (QED) is 0.843. The molecule has 0 unspecified atom stereocenters. The summed E-state index contributed by atoms with van der Waals surface area (Å²) in [7, 11) is 0. The van der Waals surface area contributed by atoms with E-state index in [0.29, 0.717) is 12.0 Å². The van der Waals surface area contributed by atoms with Crippen molar-refractivity contribution in [1.82, 2.24) is 0 Å². The van der Waals surface area contributed by atoms with Gasteiger partial charge in [0.2, 0.25) is 0 Å². The van der Waals surface area contributed by atoms with Crippen molar-refractivity contribution in [2.24, 2.45) is 5.41 Å². The van der Waals surface area contributed by atoms with E-state index in [4.69, 9.17) is 11.6 Å². The van der Waals surface area contributed by atoms with Gasteiger partial charge in [0, 0.05) is 6.61 Å². The van der Waals surface area contributed by atoms with Gasteiger partial charge in [-0.2, -0.15) is 0 Å². The number of hydrogen-bond acceptors (Lipinski definition) is 1. The van der Waals surface area contributed by atoms with Crippen molar-refractivity contribution in [3.8, 4) is 0 Å². The minimum Gasteiger partial charge on any atom is -0.396 e. The van der Waals surface area contributed by atoms with Crippen LogP contribution in [0, 0.1) is 11.2 Å². The Kier molecular flexibility index (Phi) is 2.98. The Hall–Kier alpha value is -0.600. The van der Waals surface area contributed by atoms with E-state index in [1.807, 2.05) is 0 Å². The molecule has 0 radical (unpaired) electrons. The van der Waals surface area contributed by atoms with Crippen LogP contribution in [0.1, 0.15) is 24.8 Å². The van der Waals surface area contributed by atoms with Gasteiger partial charge in [-0.05, 0) is 36.3 Å². The molecule has 0 amide bonds. The SMILES string of the molecule is OCC1(Cc2cccc(Cl)c2F)CCC1. The van der Waals surface area contributed by atoms with E-state index in [1.165, 1.54) is 0 Å². The lowest BCUT2D eigenvalue weighted by Gasteiger charge is -2.40. The van der Waals surface area contributed by atoms with Crippen LogP contribution in [0.25, 0.3) is 0 Å². The van der Waals surface area contributed by atoms with Crippen LogP contribution in [-0.4, -0.2) is 11.7 Å². The van der Waals surface area contributed by atoms with E-state index in [2.05, 4.69) is 0 Å². The zero-order valence-electron chi connectivity index (χ0n) is 8.47. The summed E-state index contributed by atoms with van der Waals surface area (Å²) in [5.41, 5.74) is 0.530. The second kappa shape index (κ2) is 4.11. The fourth-order valence-electron chi connectivity index (χ4n) is 2.16. The Morgan fingerprint density at radius 2 is 2.13 bits per heavy atom. The van der Waals surface area contributed by atoms with Gasteiger partial charge in [0.05, 0.1) is 5.02 Å². The van der Waals surface area contributed by atoms with Crippen LogP contribution in [0.15, 0.2) is 18.2 Å². The van der Waals surface area contributed by atoms with E-state index in [9.17, 15) is 9.50 Å². The highest BCUT2D eigenvalue weighted by Gasteiger charge is 2.37. The largest absolute Gasteiger partial charge is 0.396 e. The van der Waals surface area contributed by atoms with Gasteiger partial charge in [0.1, 0.15) is 5.82 Å². The first-order chi connectivity index (χ1) is 7.17. The summed E-state index contributed by atoms with van der Waals surface area (Å²) in [4.78, 5) is 0. The van der Waals surface area contributed by atoms with E-state index in [-0.39, 0.29) is 22.9 Å². The fraction of sp³-hybridized carbons (Fsp3) is 0.500. The van der Waals surface area contributed by atoms with E-state index in [1.54, 1.807) is 18.2 Å². The zero-order valence-corrected chi connectivity index (χ0v) is 9.23. The molecule has 0 saturated heterocycles. The average Bonchev–Trinajstić information content (AvgIpc) is 2.18. The van der Waals surface area contributed by atoms with Gasteiger partial charge in [0.25, 0.3) is 0 Å². The number of benzene rings is 1. The summed E-state index contributed by atoms with van der Waals surface area (Å²) in [5.74, 6) is -0.334. The molecule has 1 aromatic rings. The minimum atomic E-state index is -0.334.